The van der Waals surface area contributed by atoms with E-state index in [1.165, 1.54) is 12.1 Å². The van der Waals surface area contributed by atoms with Crippen molar-refractivity contribution in [2.75, 3.05) is 16.6 Å². The molecule has 0 spiro atoms. The second-order valence-electron chi connectivity index (χ2n) is 8.36. The van der Waals surface area contributed by atoms with Gasteiger partial charge in [0.05, 0.1) is 28.9 Å². The predicted octanol–water partition coefficient (Wildman–Crippen LogP) is 4.43. The quantitative estimate of drug-likeness (QED) is 0.284. The number of rotatable bonds is 7. The van der Waals surface area contributed by atoms with Crippen molar-refractivity contribution in [2.45, 2.75) is 25.5 Å². The van der Waals surface area contributed by atoms with Crippen LogP contribution in [0.3, 0.4) is 0 Å². The van der Waals surface area contributed by atoms with Gasteiger partial charge >= 0.3 is 0 Å². The Bertz CT molecular complexity index is 1250. The molecule has 0 saturated carbocycles. The first-order valence-electron chi connectivity index (χ1n) is 11.4. The van der Waals surface area contributed by atoms with Crippen molar-refractivity contribution in [1.29, 1.82) is 0 Å². The van der Waals surface area contributed by atoms with E-state index in [2.05, 4.69) is 0 Å². The number of anilines is 2. The van der Waals surface area contributed by atoms with Gasteiger partial charge in [-0.15, -0.1) is 0 Å². The largest absolute Gasteiger partial charge is 0.494 e. The highest BCUT2D eigenvalue weighted by atomic mass is 16.7. The Hall–Kier alpha value is -4.24. The van der Waals surface area contributed by atoms with E-state index in [1.54, 1.807) is 41.5 Å². The van der Waals surface area contributed by atoms with E-state index in [4.69, 9.17) is 9.57 Å². The Labute approximate surface area is 201 Å². The zero-order valence-electron chi connectivity index (χ0n) is 18.9. The number of fused-ring (bicyclic) bond motifs is 1. The van der Waals surface area contributed by atoms with Gasteiger partial charge in [0.2, 0.25) is 5.91 Å². The first-order valence-corrected chi connectivity index (χ1v) is 11.4. The lowest BCUT2D eigenvalue weighted by atomic mass is 9.90. The highest BCUT2D eigenvalue weighted by Gasteiger charge is 2.60. The molecule has 2 aliphatic heterocycles. The number of hydrogen-bond donors (Lipinski definition) is 0. The number of carbonyl (C=O) groups is 2. The molecular weight excluding hydrogens is 450 g/mol. The number of hydroxylamine groups is 1. The summed E-state index contributed by atoms with van der Waals surface area (Å²) in [4.78, 5) is 44.9. The summed E-state index contributed by atoms with van der Waals surface area (Å²) >= 11 is 0. The Morgan fingerprint density at radius 1 is 0.914 bits per heavy atom. The smallest absolute Gasteiger partial charge is 0.269 e. The first-order chi connectivity index (χ1) is 17.0. The number of para-hydroxylation sites is 1. The van der Waals surface area contributed by atoms with Crippen LogP contribution in [-0.2, 0) is 14.4 Å². The van der Waals surface area contributed by atoms with Crippen LogP contribution in [0.2, 0.25) is 0 Å². The van der Waals surface area contributed by atoms with E-state index in [0.29, 0.717) is 29.3 Å². The maximum atomic E-state index is 13.6. The lowest BCUT2D eigenvalue weighted by molar-refractivity contribution is -0.384. The zero-order valence-corrected chi connectivity index (χ0v) is 18.9. The molecule has 2 aliphatic rings. The van der Waals surface area contributed by atoms with E-state index in [1.807, 2.05) is 37.3 Å². The molecule has 5 rings (SSSR count). The number of hydrogen-bond acceptors (Lipinski definition) is 7. The molecule has 3 aromatic rings. The highest BCUT2D eigenvalue weighted by Crippen LogP contribution is 2.47. The van der Waals surface area contributed by atoms with Crippen molar-refractivity contribution in [3.63, 3.8) is 0 Å². The molecule has 3 aromatic carbocycles. The van der Waals surface area contributed by atoms with Crippen molar-refractivity contribution >= 4 is 28.9 Å². The number of imide groups is 1. The van der Waals surface area contributed by atoms with Crippen LogP contribution in [0.4, 0.5) is 17.1 Å². The number of ether oxygens (including phenoxy) is 1. The predicted molar refractivity (Wildman–Crippen MR) is 128 cm³/mol. The fraction of sp³-hybridized carbons (Fsp3) is 0.231. The summed E-state index contributed by atoms with van der Waals surface area (Å²) in [7, 11) is 0. The maximum Gasteiger partial charge on any atom is 0.269 e. The molecule has 0 N–H and O–H groups in total. The maximum absolute atomic E-state index is 13.6. The Balaban J connectivity index is 1.50. The summed E-state index contributed by atoms with van der Waals surface area (Å²) in [6.45, 7) is 2.58. The standard InChI is InChI=1S/C26H23N3O6/c1-2-16-34-21-14-12-18(13-15-21)27-25(30)22-23(17-8-10-20(11-9-17)29(32)33)28(35-24(22)26(27)31)19-6-4-3-5-7-19/h3-15,22-24H,2,16H2,1H3/t22-,23-,24-/m1/s1. The SMILES string of the molecule is CCCOc1ccc(N2C(=O)[C@@H]3[C@@H](c4ccc([N+](=O)[O-])cc4)N(c4ccccc4)O[C@H]3C2=O)cc1. The van der Waals surface area contributed by atoms with E-state index >= 15 is 0 Å². The summed E-state index contributed by atoms with van der Waals surface area (Å²) < 4.78 is 5.60. The summed E-state index contributed by atoms with van der Waals surface area (Å²) in [6, 6.07) is 21.3. The van der Waals surface area contributed by atoms with Gasteiger partial charge in [-0.05, 0) is 48.4 Å². The van der Waals surface area contributed by atoms with Crippen LogP contribution in [0.15, 0.2) is 78.9 Å². The van der Waals surface area contributed by atoms with E-state index in [0.717, 1.165) is 11.3 Å². The summed E-state index contributed by atoms with van der Waals surface area (Å²) in [5, 5.41) is 12.7. The van der Waals surface area contributed by atoms with Gasteiger partial charge in [-0.3, -0.25) is 24.5 Å². The topological polar surface area (TPSA) is 102 Å². The molecule has 9 heteroatoms. The minimum Gasteiger partial charge on any atom is -0.494 e. The third-order valence-corrected chi connectivity index (χ3v) is 6.14. The van der Waals surface area contributed by atoms with Crippen LogP contribution in [-0.4, -0.2) is 29.4 Å². The number of non-ortho nitro benzene ring substituents is 1. The van der Waals surface area contributed by atoms with Crippen LogP contribution in [0.25, 0.3) is 0 Å². The number of benzene rings is 3. The molecule has 2 heterocycles. The number of nitro benzene ring substituents is 1. The molecule has 0 unspecified atom stereocenters. The van der Waals surface area contributed by atoms with Gasteiger partial charge in [-0.1, -0.05) is 37.3 Å². The number of carbonyl (C=O) groups excluding carboxylic acids is 2. The van der Waals surface area contributed by atoms with Gasteiger partial charge in [0.1, 0.15) is 11.7 Å². The molecule has 0 aromatic heterocycles. The van der Waals surface area contributed by atoms with Crippen LogP contribution >= 0.6 is 0 Å². The molecule has 178 valence electrons. The van der Waals surface area contributed by atoms with Crippen LogP contribution in [0.5, 0.6) is 5.75 Å². The molecule has 0 radical (unpaired) electrons. The third kappa shape index (κ3) is 4.00. The van der Waals surface area contributed by atoms with E-state index < -0.39 is 28.9 Å². The molecule has 9 nitrogen and oxygen atoms in total. The van der Waals surface area contributed by atoms with E-state index in [-0.39, 0.29) is 11.6 Å². The molecule has 0 bridgehead atoms. The molecule has 3 atom stereocenters. The van der Waals surface area contributed by atoms with Crippen molar-refractivity contribution in [2.24, 2.45) is 5.92 Å². The number of nitrogens with zero attached hydrogens (tertiary/aromatic N) is 3. The fourth-order valence-corrected chi connectivity index (χ4v) is 4.51. The summed E-state index contributed by atoms with van der Waals surface area (Å²) in [5.41, 5.74) is 1.69. The average molecular weight is 473 g/mol. The second kappa shape index (κ2) is 9.19. The summed E-state index contributed by atoms with van der Waals surface area (Å²) in [6.07, 6.45) is -0.146. The first kappa shape index (κ1) is 22.5. The zero-order chi connectivity index (χ0) is 24.5. The van der Waals surface area contributed by atoms with Crippen LogP contribution in [0.1, 0.15) is 24.9 Å². The number of amides is 2. The molecule has 35 heavy (non-hydrogen) atoms. The fourth-order valence-electron chi connectivity index (χ4n) is 4.51. The van der Waals surface area contributed by atoms with Crippen LogP contribution in [0, 0.1) is 16.0 Å². The Morgan fingerprint density at radius 2 is 1.60 bits per heavy atom. The molecule has 2 saturated heterocycles. The van der Waals surface area contributed by atoms with Gasteiger partial charge in [0, 0.05) is 12.1 Å². The van der Waals surface area contributed by atoms with Crippen LogP contribution < -0.4 is 14.7 Å². The Morgan fingerprint density at radius 3 is 2.23 bits per heavy atom. The monoisotopic (exact) mass is 473 g/mol. The molecule has 2 amide bonds. The Kier molecular flexibility index (Phi) is 5.92. The van der Waals surface area contributed by atoms with Gasteiger partial charge in [-0.25, -0.2) is 9.96 Å². The van der Waals surface area contributed by atoms with Crippen molar-refractivity contribution in [1.82, 2.24) is 0 Å². The average Bonchev–Trinajstić information content (AvgIpc) is 3.39. The van der Waals surface area contributed by atoms with Gasteiger partial charge in [-0.2, -0.15) is 0 Å². The lowest BCUT2D eigenvalue weighted by Crippen LogP contribution is -2.37. The lowest BCUT2D eigenvalue weighted by Gasteiger charge is -2.28. The van der Waals surface area contributed by atoms with Gasteiger partial charge in [0.15, 0.2) is 6.10 Å². The molecule has 0 aliphatic carbocycles. The van der Waals surface area contributed by atoms with Crippen molar-refractivity contribution < 1.29 is 24.1 Å². The molecule has 2 fully saturated rings. The minimum absolute atomic E-state index is 0.0590. The van der Waals surface area contributed by atoms with Crippen molar-refractivity contribution in [3.8, 4) is 5.75 Å². The summed E-state index contributed by atoms with van der Waals surface area (Å²) in [5.74, 6) is -0.998. The normalized spacial score (nSPS) is 21.3. The van der Waals surface area contributed by atoms with Gasteiger partial charge in [0.25, 0.3) is 11.6 Å². The third-order valence-electron chi connectivity index (χ3n) is 6.14. The van der Waals surface area contributed by atoms with E-state index in [9.17, 15) is 19.7 Å². The second-order valence-corrected chi connectivity index (χ2v) is 8.36. The number of nitro groups is 1. The minimum atomic E-state index is -1.01. The highest BCUT2D eigenvalue weighted by molar-refractivity contribution is 6.23. The van der Waals surface area contributed by atoms with Gasteiger partial charge < -0.3 is 4.74 Å². The molecular formula is C26H23N3O6. The van der Waals surface area contributed by atoms with Crippen molar-refractivity contribution in [3.05, 3.63) is 94.5 Å².